The molecular formula is C28H27N3O4. The molecule has 1 aliphatic heterocycles. The van der Waals surface area contributed by atoms with Gasteiger partial charge in [0.05, 0.1) is 6.54 Å². The van der Waals surface area contributed by atoms with E-state index in [-0.39, 0.29) is 18.4 Å². The number of ether oxygens (including phenoxy) is 2. The lowest BCUT2D eigenvalue weighted by atomic mass is 10.1. The Morgan fingerprint density at radius 2 is 1.57 bits per heavy atom. The fourth-order valence-electron chi connectivity index (χ4n) is 4.03. The summed E-state index contributed by atoms with van der Waals surface area (Å²) in [5, 5.41) is 6.89. The number of hydrogen-bond acceptors (Lipinski definition) is 6. The van der Waals surface area contributed by atoms with E-state index in [0.717, 1.165) is 25.1 Å². The van der Waals surface area contributed by atoms with Gasteiger partial charge in [0.15, 0.2) is 23.0 Å². The number of amides is 1. The summed E-state index contributed by atoms with van der Waals surface area (Å²) in [5.41, 5.74) is 3.69. The zero-order valence-electron chi connectivity index (χ0n) is 19.4. The summed E-state index contributed by atoms with van der Waals surface area (Å²) in [6, 6.07) is 28.1. The third-order valence-corrected chi connectivity index (χ3v) is 5.87. The number of carbonyl (C=O) groups is 1. The number of nitrogens with one attached hydrogen (secondary N) is 1. The molecule has 1 amide bonds. The standard InChI is InChI=1S/C28H27N3O4/c32-28(29-17-23-11-12-26-27(15-23)34-20-33-26)25-16-24(35-30-25)19-31(18-22-9-5-2-6-10-22)14-13-21-7-3-1-4-8-21/h1-12,15-16H,13-14,17-20H2,(H,29,32). The molecule has 0 saturated carbocycles. The number of rotatable bonds is 10. The Morgan fingerprint density at radius 3 is 2.37 bits per heavy atom. The molecule has 0 bridgehead atoms. The Kier molecular flexibility index (Phi) is 7.05. The highest BCUT2D eigenvalue weighted by Crippen LogP contribution is 2.32. The van der Waals surface area contributed by atoms with Crippen molar-refractivity contribution in [2.75, 3.05) is 13.3 Å². The largest absolute Gasteiger partial charge is 0.454 e. The van der Waals surface area contributed by atoms with E-state index in [9.17, 15) is 4.79 Å². The lowest BCUT2D eigenvalue weighted by Gasteiger charge is -2.21. The molecule has 5 rings (SSSR count). The van der Waals surface area contributed by atoms with Crippen LogP contribution in [0.2, 0.25) is 0 Å². The first-order valence-corrected chi connectivity index (χ1v) is 11.7. The molecular weight excluding hydrogens is 442 g/mol. The first kappa shape index (κ1) is 22.7. The molecule has 1 N–H and O–H groups in total. The minimum Gasteiger partial charge on any atom is -0.454 e. The number of carbonyl (C=O) groups excluding carboxylic acids is 1. The summed E-state index contributed by atoms with van der Waals surface area (Å²) in [5.74, 6) is 1.78. The number of nitrogens with zero attached hydrogens (tertiary/aromatic N) is 2. The topological polar surface area (TPSA) is 76.8 Å². The van der Waals surface area contributed by atoms with Crippen LogP contribution in [0.25, 0.3) is 0 Å². The zero-order valence-corrected chi connectivity index (χ0v) is 19.4. The molecule has 0 saturated heterocycles. The lowest BCUT2D eigenvalue weighted by Crippen LogP contribution is -2.25. The molecule has 0 unspecified atom stereocenters. The van der Waals surface area contributed by atoms with Crippen LogP contribution in [0.15, 0.2) is 89.5 Å². The van der Waals surface area contributed by atoms with E-state index in [2.05, 4.69) is 51.8 Å². The van der Waals surface area contributed by atoms with Gasteiger partial charge in [-0.2, -0.15) is 0 Å². The van der Waals surface area contributed by atoms with E-state index in [1.165, 1.54) is 11.1 Å². The summed E-state index contributed by atoms with van der Waals surface area (Å²) >= 11 is 0. The Balaban J connectivity index is 1.20. The van der Waals surface area contributed by atoms with Gasteiger partial charge in [-0.3, -0.25) is 9.69 Å². The summed E-state index contributed by atoms with van der Waals surface area (Å²) in [6.45, 7) is 2.77. The number of fused-ring (bicyclic) bond motifs is 1. The molecule has 2 heterocycles. The van der Waals surface area contributed by atoms with Crippen molar-refractivity contribution in [1.82, 2.24) is 15.4 Å². The first-order valence-electron chi connectivity index (χ1n) is 11.7. The number of benzene rings is 3. The van der Waals surface area contributed by atoms with Gasteiger partial charge in [0.25, 0.3) is 5.91 Å². The van der Waals surface area contributed by atoms with E-state index < -0.39 is 0 Å². The van der Waals surface area contributed by atoms with Gasteiger partial charge >= 0.3 is 0 Å². The van der Waals surface area contributed by atoms with E-state index in [1.54, 1.807) is 6.07 Å². The van der Waals surface area contributed by atoms with E-state index in [1.807, 2.05) is 42.5 Å². The second-order valence-electron chi connectivity index (χ2n) is 8.48. The molecule has 4 aromatic rings. The molecule has 0 radical (unpaired) electrons. The summed E-state index contributed by atoms with van der Waals surface area (Å²) in [6.07, 6.45) is 0.921. The van der Waals surface area contributed by atoms with Crippen LogP contribution in [-0.4, -0.2) is 29.3 Å². The molecule has 0 atom stereocenters. The van der Waals surface area contributed by atoms with Crippen molar-refractivity contribution < 1.29 is 18.8 Å². The average Bonchev–Trinajstić information content (AvgIpc) is 3.56. The summed E-state index contributed by atoms with van der Waals surface area (Å²) in [4.78, 5) is 15.0. The molecule has 1 aromatic heterocycles. The van der Waals surface area contributed by atoms with Gasteiger partial charge in [-0.25, -0.2) is 0 Å². The Bertz CT molecular complexity index is 1260. The smallest absolute Gasteiger partial charge is 0.273 e. The lowest BCUT2D eigenvalue weighted by molar-refractivity contribution is 0.0941. The Hall–Kier alpha value is -4.10. The van der Waals surface area contributed by atoms with Crippen LogP contribution in [0.5, 0.6) is 11.5 Å². The van der Waals surface area contributed by atoms with Crippen molar-refractivity contribution >= 4 is 5.91 Å². The van der Waals surface area contributed by atoms with Crippen LogP contribution in [-0.2, 0) is 26.1 Å². The van der Waals surface area contributed by atoms with Crippen LogP contribution in [0.3, 0.4) is 0 Å². The molecule has 3 aromatic carbocycles. The minimum absolute atomic E-state index is 0.222. The summed E-state index contributed by atoms with van der Waals surface area (Å²) in [7, 11) is 0. The third-order valence-electron chi connectivity index (χ3n) is 5.87. The van der Waals surface area contributed by atoms with Gasteiger partial charge < -0.3 is 19.3 Å². The average molecular weight is 470 g/mol. The maximum Gasteiger partial charge on any atom is 0.273 e. The van der Waals surface area contributed by atoms with Gasteiger partial charge in [0, 0.05) is 25.7 Å². The monoisotopic (exact) mass is 469 g/mol. The highest BCUT2D eigenvalue weighted by atomic mass is 16.7. The van der Waals surface area contributed by atoms with Crippen LogP contribution in [0.4, 0.5) is 0 Å². The molecule has 1 aliphatic rings. The third kappa shape index (κ3) is 6.07. The second kappa shape index (κ2) is 10.9. The fourth-order valence-corrected chi connectivity index (χ4v) is 4.03. The van der Waals surface area contributed by atoms with Crippen LogP contribution < -0.4 is 14.8 Å². The van der Waals surface area contributed by atoms with Gasteiger partial charge in [0.1, 0.15) is 0 Å². The van der Waals surface area contributed by atoms with Crippen molar-refractivity contribution in [3.63, 3.8) is 0 Å². The highest BCUT2D eigenvalue weighted by Gasteiger charge is 2.17. The van der Waals surface area contributed by atoms with Crippen LogP contribution in [0, 0.1) is 0 Å². The predicted octanol–water partition coefficient (Wildman–Crippen LogP) is 4.58. The minimum atomic E-state index is -0.281. The number of aromatic nitrogens is 1. The second-order valence-corrected chi connectivity index (χ2v) is 8.48. The zero-order chi connectivity index (χ0) is 23.9. The van der Waals surface area contributed by atoms with Crippen molar-refractivity contribution in [2.45, 2.75) is 26.1 Å². The van der Waals surface area contributed by atoms with E-state index >= 15 is 0 Å². The Labute approximate surface area is 204 Å². The van der Waals surface area contributed by atoms with Gasteiger partial charge in [-0.15, -0.1) is 0 Å². The van der Waals surface area contributed by atoms with Crippen molar-refractivity contribution in [1.29, 1.82) is 0 Å². The fraction of sp³-hybridized carbons (Fsp3) is 0.214. The van der Waals surface area contributed by atoms with Crippen LogP contribution >= 0.6 is 0 Å². The van der Waals surface area contributed by atoms with E-state index in [0.29, 0.717) is 30.3 Å². The number of hydrogen-bond donors (Lipinski definition) is 1. The van der Waals surface area contributed by atoms with Gasteiger partial charge in [-0.1, -0.05) is 71.9 Å². The molecule has 35 heavy (non-hydrogen) atoms. The molecule has 178 valence electrons. The van der Waals surface area contributed by atoms with Gasteiger partial charge in [-0.05, 0) is 35.2 Å². The molecule has 0 aliphatic carbocycles. The maximum absolute atomic E-state index is 12.6. The molecule has 0 spiro atoms. The highest BCUT2D eigenvalue weighted by molar-refractivity contribution is 5.92. The van der Waals surface area contributed by atoms with Crippen molar-refractivity contribution in [2.24, 2.45) is 0 Å². The Morgan fingerprint density at radius 1 is 0.829 bits per heavy atom. The SMILES string of the molecule is O=C(NCc1ccc2c(c1)OCO2)c1cc(CN(CCc2ccccc2)Cc2ccccc2)on1. The molecule has 7 nitrogen and oxygen atoms in total. The predicted molar refractivity (Wildman–Crippen MR) is 131 cm³/mol. The van der Waals surface area contributed by atoms with Crippen LogP contribution in [0.1, 0.15) is 32.9 Å². The maximum atomic E-state index is 12.6. The first-order chi connectivity index (χ1) is 17.2. The molecule has 7 heteroatoms. The normalized spacial score (nSPS) is 12.1. The quantitative estimate of drug-likeness (QED) is 0.366. The van der Waals surface area contributed by atoms with Crippen molar-refractivity contribution in [3.05, 3.63) is 113 Å². The van der Waals surface area contributed by atoms with E-state index in [4.69, 9.17) is 14.0 Å². The summed E-state index contributed by atoms with van der Waals surface area (Å²) < 4.78 is 16.3. The molecule has 0 fully saturated rings. The van der Waals surface area contributed by atoms with Crippen molar-refractivity contribution in [3.8, 4) is 11.5 Å². The van der Waals surface area contributed by atoms with Gasteiger partial charge in [0.2, 0.25) is 6.79 Å².